The van der Waals surface area contributed by atoms with E-state index in [1.807, 2.05) is 18.2 Å². The average molecular weight is 570 g/mol. The number of hydrogen-bond acceptors (Lipinski definition) is 5. The van der Waals surface area contributed by atoms with Crippen molar-refractivity contribution in [2.45, 2.75) is 58.9 Å². The van der Waals surface area contributed by atoms with Crippen molar-refractivity contribution in [3.05, 3.63) is 77.3 Å². The quantitative estimate of drug-likeness (QED) is 0.158. The predicted molar refractivity (Wildman–Crippen MR) is 175 cm³/mol. The second-order valence-electron chi connectivity index (χ2n) is 11.3. The van der Waals surface area contributed by atoms with Gasteiger partial charge < -0.3 is 15.5 Å². The monoisotopic (exact) mass is 569 g/mol. The maximum Gasteiger partial charge on any atom is 0.162 e. The summed E-state index contributed by atoms with van der Waals surface area (Å²) < 4.78 is 0. The molecule has 0 radical (unpaired) electrons. The Morgan fingerprint density at radius 3 is 2.22 bits per heavy atom. The largest absolute Gasteiger partial charge is 0.369 e. The van der Waals surface area contributed by atoms with E-state index in [4.69, 9.17) is 21.6 Å². The molecule has 1 saturated carbocycles. The summed E-state index contributed by atoms with van der Waals surface area (Å²) in [4.78, 5) is 12.3. The molecule has 6 heteroatoms. The maximum absolute atomic E-state index is 6.34. The van der Waals surface area contributed by atoms with Gasteiger partial charge in [0.05, 0.1) is 5.52 Å². The van der Waals surface area contributed by atoms with Crippen LogP contribution in [0.25, 0.3) is 33.4 Å². The molecule has 2 N–H and O–H groups in total. The molecular weight excluding hydrogens is 526 g/mol. The molecular formula is C35H44ClN5. The van der Waals surface area contributed by atoms with Crippen molar-refractivity contribution in [1.29, 1.82) is 0 Å². The van der Waals surface area contributed by atoms with Crippen molar-refractivity contribution in [2.24, 2.45) is 5.92 Å². The number of rotatable bonds is 13. The van der Waals surface area contributed by atoms with Gasteiger partial charge in [-0.25, -0.2) is 9.97 Å². The second kappa shape index (κ2) is 14.8. The SMILES string of the molecule is CCN(CC)CCCNc1nc(-c2ccc(-c3ccc(CNCC4CCCCC4)cc3)cc2)nc2cc(Cl)ccc12. The summed E-state index contributed by atoms with van der Waals surface area (Å²) in [5, 5.41) is 8.91. The Morgan fingerprint density at radius 2 is 1.51 bits per heavy atom. The second-order valence-corrected chi connectivity index (χ2v) is 11.7. The van der Waals surface area contributed by atoms with Crippen molar-refractivity contribution in [3.8, 4) is 22.5 Å². The normalized spacial score (nSPS) is 14.1. The first-order valence-corrected chi connectivity index (χ1v) is 15.8. The third-order valence-corrected chi connectivity index (χ3v) is 8.65. The van der Waals surface area contributed by atoms with E-state index < -0.39 is 0 Å². The summed E-state index contributed by atoms with van der Waals surface area (Å²) in [7, 11) is 0. The molecule has 5 nitrogen and oxygen atoms in total. The summed E-state index contributed by atoms with van der Waals surface area (Å²) in [6, 6.07) is 23.3. The van der Waals surface area contributed by atoms with Gasteiger partial charge in [-0.1, -0.05) is 93.2 Å². The molecule has 216 valence electrons. The lowest BCUT2D eigenvalue weighted by molar-refractivity contribution is 0.303. The predicted octanol–water partition coefficient (Wildman–Crippen LogP) is 8.43. The summed E-state index contributed by atoms with van der Waals surface area (Å²) in [5.41, 5.74) is 5.58. The molecule has 1 aliphatic rings. The highest BCUT2D eigenvalue weighted by Gasteiger charge is 2.13. The van der Waals surface area contributed by atoms with Crippen LogP contribution in [0.1, 0.15) is 57.9 Å². The zero-order valence-corrected chi connectivity index (χ0v) is 25.4. The number of benzene rings is 3. The molecule has 3 aromatic carbocycles. The summed E-state index contributed by atoms with van der Waals surface area (Å²) in [6.45, 7) is 10.6. The van der Waals surface area contributed by atoms with Crippen LogP contribution in [0.3, 0.4) is 0 Å². The number of nitrogens with one attached hydrogen (secondary N) is 2. The molecule has 4 aromatic rings. The molecule has 1 fully saturated rings. The highest BCUT2D eigenvalue weighted by Crippen LogP contribution is 2.29. The Bertz CT molecular complexity index is 1380. The van der Waals surface area contributed by atoms with E-state index >= 15 is 0 Å². The first kappa shape index (κ1) is 29.5. The number of hydrogen-bond donors (Lipinski definition) is 2. The van der Waals surface area contributed by atoms with Gasteiger partial charge in [0.2, 0.25) is 0 Å². The Hall–Kier alpha value is -2.99. The van der Waals surface area contributed by atoms with Gasteiger partial charge >= 0.3 is 0 Å². The molecule has 0 aliphatic heterocycles. The van der Waals surface area contributed by atoms with E-state index in [1.165, 1.54) is 48.8 Å². The Labute approximate surface area is 250 Å². The van der Waals surface area contributed by atoms with Gasteiger partial charge in [0.25, 0.3) is 0 Å². The molecule has 0 bridgehead atoms. The molecule has 1 aliphatic carbocycles. The lowest BCUT2D eigenvalue weighted by Gasteiger charge is -2.21. The highest BCUT2D eigenvalue weighted by atomic mass is 35.5. The van der Waals surface area contributed by atoms with Gasteiger partial charge in [-0.15, -0.1) is 0 Å². The smallest absolute Gasteiger partial charge is 0.162 e. The van der Waals surface area contributed by atoms with Gasteiger partial charge in [-0.3, -0.25) is 0 Å². The van der Waals surface area contributed by atoms with Crippen LogP contribution in [0.2, 0.25) is 5.02 Å². The van der Waals surface area contributed by atoms with E-state index in [-0.39, 0.29) is 0 Å². The van der Waals surface area contributed by atoms with E-state index in [2.05, 4.69) is 77.9 Å². The molecule has 0 atom stereocenters. The number of fused-ring (bicyclic) bond motifs is 1. The molecule has 41 heavy (non-hydrogen) atoms. The van der Waals surface area contributed by atoms with Crippen LogP contribution in [0.4, 0.5) is 5.82 Å². The van der Waals surface area contributed by atoms with Crippen LogP contribution in [-0.2, 0) is 6.54 Å². The molecule has 5 rings (SSSR count). The minimum absolute atomic E-state index is 0.678. The van der Waals surface area contributed by atoms with Gasteiger partial charge in [0, 0.05) is 29.1 Å². The van der Waals surface area contributed by atoms with E-state index in [0.29, 0.717) is 10.8 Å². The molecule has 1 aromatic heterocycles. The minimum atomic E-state index is 0.678. The number of halogens is 1. The average Bonchev–Trinajstić information content (AvgIpc) is 3.02. The molecule has 0 amide bonds. The van der Waals surface area contributed by atoms with Crippen LogP contribution in [0.5, 0.6) is 0 Å². The maximum atomic E-state index is 6.34. The standard InChI is InChI=1S/C35H44ClN5/c1-3-41(4-2)22-8-21-38-35-32-20-19-31(36)23-33(32)39-34(40-35)30-17-15-29(16-18-30)28-13-11-27(12-14-28)25-37-24-26-9-6-5-7-10-26/h11-20,23,26,37H,3-10,21-22,24-25H2,1-2H3,(H,38,39,40). The van der Waals surface area contributed by atoms with Crippen LogP contribution >= 0.6 is 11.6 Å². The fraction of sp³-hybridized carbons (Fsp3) is 0.429. The van der Waals surface area contributed by atoms with Crippen LogP contribution < -0.4 is 10.6 Å². The Kier molecular flexibility index (Phi) is 10.6. The van der Waals surface area contributed by atoms with Gasteiger partial charge in [-0.05, 0) is 86.2 Å². The topological polar surface area (TPSA) is 53.1 Å². The molecule has 0 saturated heterocycles. The number of anilines is 1. The fourth-order valence-electron chi connectivity index (χ4n) is 5.85. The lowest BCUT2D eigenvalue weighted by atomic mass is 9.89. The Morgan fingerprint density at radius 1 is 0.829 bits per heavy atom. The number of nitrogens with zero attached hydrogens (tertiary/aromatic N) is 3. The molecule has 0 spiro atoms. The third-order valence-electron chi connectivity index (χ3n) is 8.41. The van der Waals surface area contributed by atoms with Crippen molar-refractivity contribution >= 4 is 28.3 Å². The Balaban J connectivity index is 1.25. The third kappa shape index (κ3) is 8.06. The minimum Gasteiger partial charge on any atom is -0.369 e. The first-order valence-electron chi connectivity index (χ1n) is 15.5. The lowest BCUT2D eigenvalue weighted by Crippen LogP contribution is -2.25. The fourth-order valence-corrected chi connectivity index (χ4v) is 6.02. The van der Waals surface area contributed by atoms with E-state index in [0.717, 1.165) is 73.9 Å². The highest BCUT2D eigenvalue weighted by molar-refractivity contribution is 6.31. The summed E-state index contributed by atoms with van der Waals surface area (Å²) in [6.07, 6.45) is 8.04. The number of aromatic nitrogens is 2. The van der Waals surface area contributed by atoms with Gasteiger partial charge in [0.1, 0.15) is 5.82 Å². The van der Waals surface area contributed by atoms with Crippen molar-refractivity contribution in [2.75, 3.05) is 38.0 Å². The van der Waals surface area contributed by atoms with Gasteiger partial charge in [0.15, 0.2) is 5.82 Å². The van der Waals surface area contributed by atoms with Crippen LogP contribution in [0.15, 0.2) is 66.7 Å². The zero-order valence-electron chi connectivity index (χ0n) is 24.6. The van der Waals surface area contributed by atoms with Crippen LogP contribution in [-0.4, -0.2) is 47.6 Å². The van der Waals surface area contributed by atoms with Crippen molar-refractivity contribution < 1.29 is 0 Å². The van der Waals surface area contributed by atoms with Crippen molar-refractivity contribution in [3.63, 3.8) is 0 Å². The van der Waals surface area contributed by atoms with E-state index in [9.17, 15) is 0 Å². The zero-order chi connectivity index (χ0) is 28.4. The van der Waals surface area contributed by atoms with E-state index in [1.54, 1.807) is 0 Å². The molecule has 1 heterocycles. The molecule has 0 unspecified atom stereocenters. The van der Waals surface area contributed by atoms with Gasteiger partial charge in [-0.2, -0.15) is 0 Å². The van der Waals surface area contributed by atoms with Crippen LogP contribution in [0, 0.1) is 5.92 Å². The van der Waals surface area contributed by atoms with Crippen molar-refractivity contribution in [1.82, 2.24) is 20.2 Å². The summed E-state index contributed by atoms with van der Waals surface area (Å²) in [5.74, 6) is 2.42. The first-order chi connectivity index (χ1) is 20.1. The summed E-state index contributed by atoms with van der Waals surface area (Å²) >= 11 is 6.34.